The van der Waals surface area contributed by atoms with Crippen LogP contribution < -0.4 is 22.5 Å². The lowest BCUT2D eigenvalue weighted by Crippen LogP contribution is -2.59. The summed E-state index contributed by atoms with van der Waals surface area (Å²) in [5.74, 6) is 0.0800. The molecule has 2 unspecified atom stereocenters. The molecule has 1 aromatic heterocycles. The van der Waals surface area contributed by atoms with Gasteiger partial charge in [0.05, 0.1) is 11.2 Å². The van der Waals surface area contributed by atoms with E-state index in [9.17, 15) is 14.4 Å². The first-order valence-corrected chi connectivity index (χ1v) is 13.0. The zero-order valence-corrected chi connectivity index (χ0v) is 21.7. The first-order valence-electron chi connectivity index (χ1n) is 13.0. The molecule has 0 spiro atoms. The number of piperazine rings is 1. The van der Waals surface area contributed by atoms with Gasteiger partial charge in [-0.1, -0.05) is 19.1 Å². The molecule has 11 heteroatoms. The molecule has 5 N–H and O–H groups in total. The van der Waals surface area contributed by atoms with E-state index in [1.54, 1.807) is 29.0 Å². The molecule has 2 aliphatic rings. The summed E-state index contributed by atoms with van der Waals surface area (Å²) < 4.78 is 1.47. The number of hydrogen-bond acceptors (Lipinski definition) is 7. The van der Waals surface area contributed by atoms with Crippen molar-refractivity contribution in [1.82, 2.24) is 24.3 Å². The lowest BCUT2D eigenvalue weighted by atomic mass is 9.98. The standard InChI is InChI=1S/C26H38N8O3/c1-3-26(2,28)23(35)32-13-15-33(16-14-32)24(36)29-22-9-12-34(25(37)30-22)21-6-4-5-19(17-21)7-10-31-11-8-20(27)18-31/h4-6,9,12,17,20H,3,7-8,10-11,13-16,18,27-28H2,1-2H3,(H,29,30,36,37). The Hall–Kier alpha value is -3.28. The van der Waals surface area contributed by atoms with Crippen LogP contribution in [0.4, 0.5) is 10.6 Å². The number of carbonyl (C=O) groups excluding carboxylic acids is 2. The zero-order chi connectivity index (χ0) is 26.6. The minimum Gasteiger partial charge on any atom is -0.338 e. The predicted octanol–water partition coefficient (Wildman–Crippen LogP) is 0.612. The van der Waals surface area contributed by atoms with Crippen molar-refractivity contribution in [2.24, 2.45) is 11.5 Å². The third-order valence-corrected chi connectivity index (χ3v) is 7.33. The van der Waals surface area contributed by atoms with Crippen LogP contribution in [-0.2, 0) is 11.2 Å². The Morgan fingerprint density at radius 3 is 2.51 bits per heavy atom. The van der Waals surface area contributed by atoms with E-state index in [-0.39, 0.29) is 23.8 Å². The summed E-state index contributed by atoms with van der Waals surface area (Å²) in [5.41, 5.74) is 12.6. The number of hydrogen-bond donors (Lipinski definition) is 3. The maximum absolute atomic E-state index is 12.8. The molecule has 11 nitrogen and oxygen atoms in total. The molecule has 2 atom stereocenters. The molecule has 37 heavy (non-hydrogen) atoms. The molecule has 2 aromatic rings. The molecule has 1 aromatic carbocycles. The molecule has 0 radical (unpaired) electrons. The van der Waals surface area contributed by atoms with Gasteiger partial charge in [0.25, 0.3) is 0 Å². The van der Waals surface area contributed by atoms with Crippen LogP contribution in [0.5, 0.6) is 0 Å². The van der Waals surface area contributed by atoms with E-state index in [4.69, 9.17) is 11.5 Å². The summed E-state index contributed by atoms with van der Waals surface area (Å²) >= 11 is 0. The van der Waals surface area contributed by atoms with Crippen molar-refractivity contribution < 1.29 is 9.59 Å². The van der Waals surface area contributed by atoms with E-state index < -0.39 is 11.2 Å². The number of aromatic nitrogens is 2. The fourth-order valence-electron chi connectivity index (χ4n) is 4.70. The largest absolute Gasteiger partial charge is 0.354 e. The summed E-state index contributed by atoms with van der Waals surface area (Å²) in [4.78, 5) is 47.8. The summed E-state index contributed by atoms with van der Waals surface area (Å²) in [6.07, 6.45) is 4.07. The highest BCUT2D eigenvalue weighted by Gasteiger charge is 2.33. The van der Waals surface area contributed by atoms with Gasteiger partial charge in [-0.3, -0.25) is 14.7 Å². The van der Waals surface area contributed by atoms with Gasteiger partial charge >= 0.3 is 11.7 Å². The van der Waals surface area contributed by atoms with Crippen LogP contribution in [0.15, 0.2) is 41.3 Å². The van der Waals surface area contributed by atoms with Crippen LogP contribution in [0.1, 0.15) is 32.3 Å². The van der Waals surface area contributed by atoms with Crippen LogP contribution in [0, 0.1) is 0 Å². The number of carbonyl (C=O) groups is 2. The minimum absolute atomic E-state index is 0.107. The van der Waals surface area contributed by atoms with Gasteiger partial charge in [0, 0.05) is 51.5 Å². The molecule has 0 bridgehead atoms. The lowest BCUT2D eigenvalue weighted by molar-refractivity contribution is -0.137. The van der Waals surface area contributed by atoms with Gasteiger partial charge in [0.15, 0.2) is 0 Å². The second-order valence-electron chi connectivity index (χ2n) is 10.2. The summed E-state index contributed by atoms with van der Waals surface area (Å²) in [5, 5.41) is 2.70. The van der Waals surface area contributed by atoms with Crippen molar-refractivity contribution in [2.75, 3.05) is 51.1 Å². The maximum Gasteiger partial charge on any atom is 0.354 e. The molecule has 0 aliphatic carbocycles. The third-order valence-electron chi connectivity index (χ3n) is 7.33. The number of nitrogens with one attached hydrogen (secondary N) is 1. The molecular weight excluding hydrogens is 472 g/mol. The molecule has 2 fully saturated rings. The quantitative estimate of drug-likeness (QED) is 0.495. The van der Waals surface area contributed by atoms with Gasteiger partial charge in [-0.05, 0) is 56.5 Å². The van der Waals surface area contributed by atoms with E-state index in [1.807, 2.05) is 25.1 Å². The van der Waals surface area contributed by atoms with E-state index >= 15 is 0 Å². The van der Waals surface area contributed by atoms with Gasteiger partial charge in [-0.2, -0.15) is 4.98 Å². The smallest absolute Gasteiger partial charge is 0.338 e. The number of rotatable bonds is 7. The Kier molecular flexibility index (Phi) is 8.25. The van der Waals surface area contributed by atoms with Gasteiger partial charge in [0.1, 0.15) is 5.82 Å². The average molecular weight is 511 g/mol. The van der Waals surface area contributed by atoms with Gasteiger partial charge in [-0.25, -0.2) is 9.59 Å². The summed E-state index contributed by atoms with van der Waals surface area (Å²) in [6.45, 7) is 8.07. The number of anilines is 1. The number of likely N-dealkylation sites (tertiary alicyclic amines) is 1. The SMILES string of the molecule is CCC(C)(N)C(=O)N1CCN(C(=O)Nc2ccn(-c3cccc(CCN4CCC(N)C4)c3)c(=O)n2)CC1. The topological polar surface area (TPSA) is 143 Å². The average Bonchev–Trinajstić information content (AvgIpc) is 3.32. The zero-order valence-electron chi connectivity index (χ0n) is 21.7. The normalized spacial score (nSPS) is 20.1. The van der Waals surface area contributed by atoms with Crippen LogP contribution >= 0.6 is 0 Å². The molecule has 2 aliphatic heterocycles. The molecule has 4 rings (SSSR count). The Morgan fingerprint density at radius 1 is 1.14 bits per heavy atom. The molecule has 3 heterocycles. The molecule has 3 amide bonds. The van der Waals surface area contributed by atoms with E-state index in [0.717, 1.165) is 43.7 Å². The van der Waals surface area contributed by atoms with Crippen molar-refractivity contribution in [3.8, 4) is 5.69 Å². The molecular formula is C26H38N8O3. The van der Waals surface area contributed by atoms with Gasteiger partial charge < -0.3 is 26.2 Å². The van der Waals surface area contributed by atoms with Crippen LogP contribution in [0.25, 0.3) is 5.69 Å². The minimum atomic E-state index is -0.903. The van der Waals surface area contributed by atoms with E-state index in [1.165, 1.54) is 4.57 Å². The number of benzene rings is 1. The maximum atomic E-state index is 12.8. The Labute approximate surface area is 217 Å². The van der Waals surface area contributed by atoms with Crippen LogP contribution in [-0.4, -0.2) is 93.6 Å². The Morgan fingerprint density at radius 2 is 1.86 bits per heavy atom. The van der Waals surface area contributed by atoms with E-state index in [0.29, 0.717) is 32.6 Å². The number of urea groups is 1. The number of amides is 3. The number of nitrogens with zero attached hydrogens (tertiary/aromatic N) is 5. The highest BCUT2D eigenvalue weighted by Crippen LogP contribution is 2.15. The monoisotopic (exact) mass is 510 g/mol. The lowest BCUT2D eigenvalue weighted by Gasteiger charge is -2.38. The van der Waals surface area contributed by atoms with Crippen molar-refractivity contribution in [2.45, 2.75) is 44.7 Å². The summed E-state index contributed by atoms with van der Waals surface area (Å²) in [6, 6.07) is 9.35. The van der Waals surface area contributed by atoms with Crippen molar-refractivity contribution in [1.29, 1.82) is 0 Å². The highest BCUT2D eigenvalue weighted by molar-refractivity contribution is 5.89. The number of nitrogens with two attached hydrogens (primary N) is 2. The Bertz CT molecular complexity index is 1170. The Balaban J connectivity index is 1.33. The fraction of sp³-hybridized carbons (Fsp3) is 0.538. The second kappa shape index (κ2) is 11.4. The van der Waals surface area contributed by atoms with Gasteiger partial charge in [-0.15, -0.1) is 0 Å². The fourth-order valence-corrected chi connectivity index (χ4v) is 4.70. The molecule has 200 valence electrons. The first-order chi connectivity index (χ1) is 17.7. The second-order valence-corrected chi connectivity index (χ2v) is 10.2. The van der Waals surface area contributed by atoms with Crippen molar-refractivity contribution >= 4 is 17.8 Å². The van der Waals surface area contributed by atoms with Gasteiger partial charge in [0.2, 0.25) is 5.91 Å². The summed E-state index contributed by atoms with van der Waals surface area (Å²) in [7, 11) is 0. The molecule has 2 saturated heterocycles. The van der Waals surface area contributed by atoms with Crippen molar-refractivity contribution in [3.63, 3.8) is 0 Å². The third kappa shape index (κ3) is 6.54. The van der Waals surface area contributed by atoms with Crippen molar-refractivity contribution in [3.05, 3.63) is 52.6 Å². The first kappa shape index (κ1) is 26.8. The predicted molar refractivity (Wildman–Crippen MR) is 143 cm³/mol. The van der Waals surface area contributed by atoms with Crippen LogP contribution in [0.3, 0.4) is 0 Å². The highest BCUT2D eigenvalue weighted by atomic mass is 16.2. The van der Waals surface area contributed by atoms with E-state index in [2.05, 4.69) is 21.3 Å². The van der Waals surface area contributed by atoms with Crippen LogP contribution in [0.2, 0.25) is 0 Å². The molecule has 0 saturated carbocycles.